The van der Waals surface area contributed by atoms with Gasteiger partial charge in [-0.3, -0.25) is 9.59 Å². The Bertz CT molecular complexity index is 1940. The minimum absolute atomic E-state index is 0.0103. The van der Waals surface area contributed by atoms with Crippen LogP contribution >= 0.6 is 0 Å². The lowest BCUT2D eigenvalue weighted by Crippen LogP contribution is -2.66. The Balaban J connectivity index is 1.04. The number of ether oxygens (including phenoxy) is 1. The third-order valence-corrected chi connectivity index (χ3v) is 19.5. The number of ketones is 1. The van der Waals surface area contributed by atoms with Gasteiger partial charge in [-0.15, -0.1) is 0 Å². The molecule has 2 aliphatic heterocycles. The maximum Gasteiger partial charge on any atom is 0.233 e. The third kappa shape index (κ3) is 5.51. The van der Waals surface area contributed by atoms with E-state index < -0.39 is 40.2 Å². The number of anilines is 1. The van der Waals surface area contributed by atoms with Crippen molar-refractivity contribution in [3.05, 3.63) is 47.6 Å². The predicted molar refractivity (Wildman–Crippen MR) is 224 cm³/mol. The Kier molecular flexibility index (Phi) is 9.42. The zero-order valence-electron chi connectivity index (χ0n) is 35.9. The fourth-order valence-electron chi connectivity index (χ4n) is 16.1. The molecule has 322 valence electrons. The molecule has 5 N–H and O–H groups in total. The van der Waals surface area contributed by atoms with Crippen LogP contribution in [0.15, 0.2) is 42.0 Å². The number of phenolic OH excluding ortho intramolecular Hbond substituents is 1. The highest BCUT2D eigenvalue weighted by Crippen LogP contribution is 2.74. The number of rotatable bonds is 7. The minimum Gasteiger partial charge on any atom is -0.508 e. The van der Waals surface area contributed by atoms with Crippen molar-refractivity contribution in [3.8, 4) is 5.75 Å². The predicted octanol–water partition coefficient (Wildman–Crippen LogP) is 7.34. The second kappa shape index (κ2) is 13.7. The maximum atomic E-state index is 14.7. The Morgan fingerprint density at radius 2 is 1.63 bits per heavy atom. The quantitative estimate of drug-likeness (QED) is 0.142. The average Bonchev–Trinajstić information content (AvgIpc) is 3.71. The van der Waals surface area contributed by atoms with E-state index in [1.165, 1.54) is 6.42 Å². The van der Waals surface area contributed by atoms with Gasteiger partial charge in [0.15, 0.2) is 5.78 Å². The number of aliphatic hydroxyl groups is 4. The summed E-state index contributed by atoms with van der Waals surface area (Å²) in [5.41, 5.74) is -2.09. The number of amides is 1. The number of benzene rings is 1. The van der Waals surface area contributed by atoms with Crippen LogP contribution in [0, 0.1) is 57.2 Å². The van der Waals surface area contributed by atoms with Gasteiger partial charge in [0.25, 0.3) is 0 Å². The molecule has 2 heterocycles. The van der Waals surface area contributed by atoms with E-state index in [4.69, 9.17) is 4.74 Å². The van der Waals surface area contributed by atoms with Crippen molar-refractivity contribution in [2.24, 2.45) is 57.2 Å². The van der Waals surface area contributed by atoms with Gasteiger partial charge in [0, 0.05) is 41.0 Å². The molecule has 0 aromatic heterocycles. The average molecular weight is 812 g/mol. The lowest BCUT2D eigenvalue weighted by molar-refractivity contribution is -0.182. The number of hydrogen-bond donors (Lipinski definition) is 5. The van der Waals surface area contributed by atoms with Crippen LogP contribution < -0.4 is 4.90 Å². The van der Waals surface area contributed by atoms with Crippen LogP contribution in [0.4, 0.5) is 5.69 Å². The van der Waals surface area contributed by atoms with E-state index >= 15 is 0 Å². The number of allylic oxidation sites excluding steroid dienone is 2. The van der Waals surface area contributed by atoms with Crippen molar-refractivity contribution < 1.29 is 39.9 Å². The Morgan fingerprint density at radius 1 is 0.898 bits per heavy atom. The van der Waals surface area contributed by atoms with Gasteiger partial charge in [-0.25, -0.2) is 0 Å². The van der Waals surface area contributed by atoms with Crippen LogP contribution in [0.5, 0.6) is 5.75 Å². The summed E-state index contributed by atoms with van der Waals surface area (Å²) in [5.74, 6) is -0.203. The summed E-state index contributed by atoms with van der Waals surface area (Å²) in [7, 11) is 0. The van der Waals surface area contributed by atoms with Crippen molar-refractivity contribution >= 4 is 17.4 Å². The van der Waals surface area contributed by atoms with Crippen LogP contribution in [0.1, 0.15) is 136 Å². The topological polar surface area (TPSA) is 151 Å². The zero-order valence-corrected chi connectivity index (χ0v) is 35.9. The van der Waals surface area contributed by atoms with E-state index in [1.807, 2.05) is 11.0 Å². The highest BCUT2D eigenvalue weighted by Gasteiger charge is 2.76. The number of phenols is 1. The molecule has 0 bridgehead atoms. The van der Waals surface area contributed by atoms with Gasteiger partial charge in [-0.05, 0) is 135 Å². The van der Waals surface area contributed by atoms with Crippen LogP contribution in [0.2, 0.25) is 0 Å². The molecule has 9 nitrogen and oxygen atoms in total. The summed E-state index contributed by atoms with van der Waals surface area (Å²) in [6.07, 6.45) is 17.1. The van der Waals surface area contributed by atoms with Crippen LogP contribution in [0.3, 0.4) is 0 Å². The number of fused-ring (bicyclic) bond motifs is 5. The minimum atomic E-state index is -1.42. The lowest BCUT2D eigenvalue weighted by atomic mass is 9.42. The fourth-order valence-corrected chi connectivity index (χ4v) is 16.1. The van der Waals surface area contributed by atoms with Gasteiger partial charge >= 0.3 is 0 Å². The molecular weight excluding hydrogens is 743 g/mol. The number of epoxide rings is 1. The molecule has 7 fully saturated rings. The fraction of sp³-hybridized carbons (Fsp3) is 0.760. The van der Waals surface area contributed by atoms with Crippen LogP contribution in [-0.4, -0.2) is 79.4 Å². The van der Waals surface area contributed by atoms with Gasteiger partial charge in [0.05, 0.1) is 29.3 Å². The van der Waals surface area contributed by atoms with Crippen molar-refractivity contribution in [1.82, 2.24) is 0 Å². The molecule has 5 saturated carbocycles. The summed E-state index contributed by atoms with van der Waals surface area (Å²) < 4.78 is 6.47. The van der Waals surface area contributed by atoms with Crippen molar-refractivity contribution in [1.29, 1.82) is 0 Å². The molecule has 1 aromatic rings. The van der Waals surface area contributed by atoms with Gasteiger partial charge in [0.2, 0.25) is 5.91 Å². The first-order valence-corrected chi connectivity index (χ1v) is 23.6. The molecule has 2 saturated heterocycles. The maximum absolute atomic E-state index is 14.7. The van der Waals surface area contributed by atoms with E-state index in [-0.39, 0.29) is 77.0 Å². The summed E-state index contributed by atoms with van der Waals surface area (Å²) in [4.78, 5) is 30.9. The lowest BCUT2D eigenvalue weighted by Gasteiger charge is -2.63. The van der Waals surface area contributed by atoms with Crippen molar-refractivity contribution in [2.75, 3.05) is 11.4 Å². The Hall–Kier alpha value is -2.56. The highest BCUT2D eigenvalue weighted by molar-refractivity contribution is 6.01. The number of nitrogens with zero attached hydrogens (tertiary/aromatic N) is 1. The largest absolute Gasteiger partial charge is 0.508 e. The molecular formula is C50H69NO8. The molecule has 0 radical (unpaired) electrons. The molecule has 9 heteroatoms. The first-order chi connectivity index (χ1) is 28.0. The van der Waals surface area contributed by atoms with E-state index in [0.717, 1.165) is 68.2 Å². The van der Waals surface area contributed by atoms with E-state index in [9.17, 15) is 35.1 Å². The summed E-state index contributed by atoms with van der Waals surface area (Å²) in [5, 5.41) is 60.2. The first kappa shape index (κ1) is 40.5. The summed E-state index contributed by atoms with van der Waals surface area (Å²) in [6, 6.07) is 5.66. The summed E-state index contributed by atoms with van der Waals surface area (Å²) in [6.45, 7) is 9.36. The SMILES string of the molecule is CC(C)[C@@H](C)[C@@H]1O[C@H]1[C@@]1(O)CC=C[C@@H]2C[C@H]3C(=CC(=O)[C@@H]4C[C@@H](O)[C@@H](O)C[C@@]43C)[C@]3(O)CC[C@H]1[C@@]23CCc1cc(O)cc(N2CC3(CCCC3)C3(CCCCC3)C2=O)c1. The monoisotopic (exact) mass is 812 g/mol. The number of aryl methyl sites for hydroxylation is 1. The molecule has 7 aliphatic carbocycles. The van der Waals surface area contributed by atoms with E-state index in [2.05, 4.69) is 45.9 Å². The second-order valence-electron chi connectivity index (χ2n) is 22.1. The molecule has 13 atom stereocenters. The van der Waals surface area contributed by atoms with Crippen LogP contribution in [-0.2, 0) is 20.7 Å². The normalized spacial score (nSPS) is 44.7. The number of carbonyl (C=O) groups excluding carboxylic acids is 2. The van der Waals surface area contributed by atoms with Gasteiger partial charge in [-0.2, -0.15) is 0 Å². The number of hydrogen-bond acceptors (Lipinski definition) is 8. The Labute approximate surface area is 350 Å². The third-order valence-electron chi connectivity index (χ3n) is 19.5. The van der Waals surface area contributed by atoms with Gasteiger partial charge < -0.3 is 35.2 Å². The molecule has 9 aliphatic rings. The molecule has 59 heavy (non-hydrogen) atoms. The highest BCUT2D eigenvalue weighted by atomic mass is 16.6. The van der Waals surface area contributed by atoms with Gasteiger partial charge in [-0.1, -0.05) is 72.0 Å². The Morgan fingerprint density at radius 3 is 2.36 bits per heavy atom. The van der Waals surface area contributed by atoms with Crippen molar-refractivity contribution in [3.63, 3.8) is 0 Å². The zero-order chi connectivity index (χ0) is 41.5. The smallest absolute Gasteiger partial charge is 0.233 e. The van der Waals surface area contributed by atoms with Gasteiger partial charge in [0.1, 0.15) is 17.5 Å². The standard InChI is InChI=1S/C50H69NO8/c1-29(2)30(3)42-43(59-42)49(57)18-10-11-32-23-35-36(25-38(53)37-26-39(54)40(55)27-45(35,37)4)50(58)20-13-41(49)48(32,50)19-12-31-21-33(24-34(52)22-31)51-28-46(14-8-9-15-46)47(44(51)56)16-6-5-7-17-47/h10-11,21-22,24-25,29-30,32,35,37,39-43,52,54-55,57-58H,5-9,12-20,23,26-28H2,1-4H3/t30-,32-,35+,37+,39-,40+,41+,42+,43-,45-,48-,49-,50-/m1/s1. The molecule has 10 rings (SSSR count). The van der Waals surface area contributed by atoms with E-state index in [0.29, 0.717) is 51.0 Å². The number of aromatic hydroxyl groups is 1. The number of carbonyl (C=O) groups is 2. The molecule has 2 spiro atoms. The van der Waals surface area contributed by atoms with Crippen molar-refractivity contribution in [2.45, 2.75) is 172 Å². The molecule has 1 aromatic carbocycles. The molecule has 0 unspecified atom stereocenters. The molecule has 1 amide bonds. The van der Waals surface area contributed by atoms with Crippen LogP contribution in [0.25, 0.3) is 0 Å². The summed E-state index contributed by atoms with van der Waals surface area (Å²) >= 11 is 0. The second-order valence-corrected chi connectivity index (χ2v) is 22.1. The first-order valence-electron chi connectivity index (χ1n) is 23.6. The van der Waals surface area contributed by atoms with E-state index in [1.54, 1.807) is 12.1 Å². The number of aliphatic hydroxyl groups excluding tert-OH is 2.